The number of aliphatic hydroxyl groups is 1. The molecule has 0 radical (unpaired) electrons. The van der Waals surface area contributed by atoms with Crippen LogP contribution in [0.25, 0.3) is 0 Å². The highest BCUT2D eigenvalue weighted by atomic mass is 35.6. The van der Waals surface area contributed by atoms with Crippen molar-refractivity contribution in [2.75, 3.05) is 13.2 Å². The van der Waals surface area contributed by atoms with Crippen LogP contribution in [0.15, 0.2) is 0 Å². The number of aliphatic hydroxyl groups excluding tert-OH is 1. The number of rotatable bonds is 3. The van der Waals surface area contributed by atoms with Crippen LogP contribution in [0.2, 0.25) is 0 Å². The molecule has 0 saturated carbocycles. The summed E-state index contributed by atoms with van der Waals surface area (Å²) < 4.78 is 3.02. The molecule has 0 spiro atoms. The summed E-state index contributed by atoms with van der Waals surface area (Å²) in [5.41, 5.74) is 0. The Kier molecular flexibility index (Phi) is 5.24. The number of terminal acetylenes is 1. The van der Waals surface area contributed by atoms with Gasteiger partial charge in [0.1, 0.15) is 12.7 Å². The first-order valence-electron chi connectivity index (χ1n) is 2.74. The molecular formula is C6H7Cl3O2. The van der Waals surface area contributed by atoms with Gasteiger partial charge in [-0.25, -0.2) is 0 Å². The van der Waals surface area contributed by atoms with Crippen LogP contribution in [0.1, 0.15) is 0 Å². The first-order valence-corrected chi connectivity index (χ1v) is 3.88. The van der Waals surface area contributed by atoms with Gasteiger partial charge in [-0.1, -0.05) is 40.7 Å². The molecule has 0 aliphatic heterocycles. The van der Waals surface area contributed by atoms with Crippen LogP contribution in [-0.2, 0) is 4.74 Å². The van der Waals surface area contributed by atoms with Gasteiger partial charge in [-0.2, -0.15) is 0 Å². The van der Waals surface area contributed by atoms with Gasteiger partial charge in [0.2, 0.25) is 3.79 Å². The lowest BCUT2D eigenvalue weighted by Gasteiger charge is -2.17. The summed E-state index contributed by atoms with van der Waals surface area (Å²) in [6.07, 6.45) is 3.72. The molecule has 0 heterocycles. The van der Waals surface area contributed by atoms with Crippen LogP contribution >= 0.6 is 34.8 Å². The van der Waals surface area contributed by atoms with Crippen molar-refractivity contribution in [3.63, 3.8) is 0 Å². The summed E-state index contributed by atoms with van der Waals surface area (Å²) in [5, 5.41) is 9.02. The van der Waals surface area contributed by atoms with E-state index in [9.17, 15) is 0 Å². The third-order valence-corrected chi connectivity index (χ3v) is 1.59. The highest BCUT2D eigenvalue weighted by Crippen LogP contribution is 2.30. The van der Waals surface area contributed by atoms with Gasteiger partial charge in [0.05, 0.1) is 6.61 Å². The maximum Gasteiger partial charge on any atom is 0.218 e. The smallest absolute Gasteiger partial charge is 0.218 e. The summed E-state index contributed by atoms with van der Waals surface area (Å²) in [6, 6.07) is 0. The summed E-state index contributed by atoms with van der Waals surface area (Å²) in [7, 11) is 0. The molecule has 0 aromatic rings. The van der Waals surface area contributed by atoms with Crippen LogP contribution in [-0.4, -0.2) is 28.2 Å². The van der Waals surface area contributed by atoms with Crippen molar-refractivity contribution in [1.29, 1.82) is 0 Å². The van der Waals surface area contributed by atoms with E-state index in [0.29, 0.717) is 0 Å². The molecule has 64 valence electrons. The van der Waals surface area contributed by atoms with Crippen molar-refractivity contribution in [1.82, 2.24) is 0 Å². The highest BCUT2D eigenvalue weighted by molar-refractivity contribution is 6.68. The molecule has 0 aromatic carbocycles. The minimum Gasteiger partial charge on any atom is -0.386 e. The van der Waals surface area contributed by atoms with E-state index in [-0.39, 0.29) is 13.2 Å². The SMILES string of the molecule is C#CCOCC(O)C(Cl)(Cl)Cl. The zero-order valence-electron chi connectivity index (χ0n) is 5.56. The van der Waals surface area contributed by atoms with Crippen LogP contribution in [0.3, 0.4) is 0 Å². The van der Waals surface area contributed by atoms with E-state index in [4.69, 9.17) is 51.1 Å². The zero-order valence-corrected chi connectivity index (χ0v) is 7.83. The molecule has 0 aromatic heterocycles. The van der Waals surface area contributed by atoms with Gasteiger partial charge in [-0.3, -0.25) is 0 Å². The van der Waals surface area contributed by atoms with E-state index in [1.807, 2.05) is 0 Å². The Morgan fingerprint density at radius 1 is 1.55 bits per heavy atom. The fourth-order valence-corrected chi connectivity index (χ4v) is 0.513. The third kappa shape index (κ3) is 5.60. The molecule has 1 atom stereocenters. The van der Waals surface area contributed by atoms with Crippen LogP contribution in [0.5, 0.6) is 0 Å². The Balaban J connectivity index is 3.55. The average molecular weight is 217 g/mol. The quantitative estimate of drug-likeness (QED) is 0.439. The molecule has 5 heteroatoms. The van der Waals surface area contributed by atoms with Crippen molar-refractivity contribution in [2.24, 2.45) is 0 Å². The minimum atomic E-state index is -1.71. The molecule has 0 rings (SSSR count). The zero-order chi connectivity index (χ0) is 8.91. The Morgan fingerprint density at radius 2 is 2.09 bits per heavy atom. The Morgan fingerprint density at radius 3 is 2.45 bits per heavy atom. The second kappa shape index (κ2) is 5.08. The summed E-state index contributed by atoms with van der Waals surface area (Å²) in [5.74, 6) is 2.21. The molecule has 1 unspecified atom stereocenters. The van der Waals surface area contributed by atoms with Crippen LogP contribution < -0.4 is 0 Å². The average Bonchev–Trinajstić information content (AvgIpc) is 1.86. The summed E-state index contributed by atoms with van der Waals surface area (Å²) in [4.78, 5) is 0. The fraction of sp³-hybridized carbons (Fsp3) is 0.667. The van der Waals surface area contributed by atoms with E-state index in [1.165, 1.54) is 0 Å². The van der Waals surface area contributed by atoms with Gasteiger partial charge in [0.25, 0.3) is 0 Å². The topological polar surface area (TPSA) is 29.5 Å². The number of alkyl halides is 3. The molecule has 0 bridgehead atoms. The van der Waals surface area contributed by atoms with Gasteiger partial charge in [-0.15, -0.1) is 6.42 Å². The number of halogens is 3. The van der Waals surface area contributed by atoms with Crippen molar-refractivity contribution < 1.29 is 9.84 Å². The summed E-state index contributed by atoms with van der Waals surface area (Å²) in [6.45, 7) is 0.0124. The third-order valence-electron chi connectivity index (χ3n) is 0.839. The Hall–Kier alpha value is 0.350. The number of ether oxygens (including phenoxy) is 1. The van der Waals surface area contributed by atoms with Gasteiger partial charge in [-0.05, 0) is 0 Å². The van der Waals surface area contributed by atoms with Crippen molar-refractivity contribution in [2.45, 2.75) is 9.90 Å². The maximum absolute atomic E-state index is 9.02. The van der Waals surface area contributed by atoms with Crippen molar-refractivity contribution in [3.8, 4) is 12.3 Å². The Bertz CT molecular complexity index is 147. The van der Waals surface area contributed by atoms with Gasteiger partial charge in [0.15, 0.2) is 0 Å². The molecule has 0 saturated heterocycles. The normalized spacial score (nSPS) is 14.1. The van der Waals surface area contributed by atoms with E-state index in [0.717, 1.165) is 0 Å². The minimum absolute atomic E-state index is 0.0826. The van der Waals surface area contributed by atoms with E-state index >= 15 is 0 Å². The summed E-state index contributed by atoms with van der Waals surface area (Å²) >= 11 is 15.9. The number of hydrogen-bond donors (Lipinski definition) is 1. The molecule has 1 N–H and O–H groups in total. The lowest BCUT2D eigenvalue weighted by molar-refractivity contribution is 0.0537. The molecule has 0 aliphatic carbocycles. The highest BCUT2D eigenvalue weighted by Gasteiger charge is 2.30. The first kappa shape index (κ1) is 11.4. The second-order valence-electron chi connectivity index (χ2n) is 1.78. The van der Waals surface area contributed by atoms with Crippen LogP contribution in [0.4, 0.5) is 0 Å². The maximum atomic E-state index is 9.02. The number of hydrogen-bond acceptors (Lipinski definition) is 2. The lowest BCUT2D eigenvalue weighted by atomic mass is 10.4. The molecule has 11 heavy (non-hydrogen) atoms. The van der Waals surface area contributed by atoms with Gasteiger partial charge < -0.3 is 9.84 Å². The van der Waals surface area contributed by atoms with Crippen LogP contribution in [0, 0.1) is 12.3 Å². The van der Waals surface area contributed by atoms with E-state index < -0.39 is 9.90 Å². The second-order valence-corrected chi connectivity index (χ2v) is 4.15. The van der Waals surface area contributed by atoms with Crippen molar-refractivity contribution >= 4 is 34.8 Å². The molecular weight excluding hydrogens is 210 g/mol. The molecule has 2 nitrogen and oxygen atoms in total. The predicted molar refractivity (Wildman–Crippen MR) is 45.9 cm³/mol. The molecule has 0 fully saturated rings. The largest absolute Gasteiger partial charge is 0.386 e. The van der Waals surface area contributed by atoms with E-state index in [2.05, 4.69) is 5.92 Å². The molecule has 0 amide bonds. The monoisotopic (exact) mass is 216 g/mol. The standard InChI is InChI=1S/C6H7Cl3O2/c1-2-3-11-4-5(10)6(7,8)9/h1,5,10H,3-4H2. The van der Waals surface area contributed by atoms with E-state index in [1.54, 1.807) is 0 Å². The Labute approximate surface area is 80.4 Å². The lowest BCUT2D eigenvalue weighted by Crippen LogP contribution is -2.30. The fourth-order valence-electron chi connectivity index (χ4n) is 0.324. The molecule has 0 aliphatic rings. The van der Waals surface area contributed by atoms with Gasteiger partial charge in [0, 0.05) is 0 Å². The first-order chi connectivity index (χ1) is 4.98. The predicted octanol–water partition coefficient (Wildman–Crippen LogP) is 1.37. The van der Waals surface area contributed by atoms with Crippen molar-refractivity contribution in [3.05, 3.63) is 0 Å². The van der Waals surface area contributed by atoms with Gasteiger partial charge >= 0.3 is 0 Å².